The van der Waals surface area contributed by atoms with Gasteiger partial charge < -0.3 is 19.9 Å². The maximum atomic E-state index is 12.1. The van der Waals surface area contributed by atoms with Crippen molar-refractivity contribution in [2.75, 3.05) is 29.9 Å². The molecular formula is C24H30N4O2. The molecule has 0 spiro atoms. The molecular weight excluding hydrogens is 376 g/mol. The maximum Gasteiger partial charge on any atom is 0.251 e. The van der Waals surface area contributed by atoms with Gasteiger partial charge in [0.1, 0.15) is 5.82 Å². The first-order valence-electron chi connectivity index (χ1n) is 10.9. The second kappa shape index (κ2) is 9.30. The van der Waals surface area contributed by atoms with E-state index in [1.54, 1.807) is 16.8 Å². The highest BCUT2D eigenvalue weighted by molar-refractivity contribution is 5.81. The average molecular weight is 407 g/mol. The van der Waals surface area contributed by atoms with Gasteiger partial charge >= 0.3 is 0 Å². The van der Waals surface area contributed by atoms with Crippen LogP contribution in [0.15, 0.2) is 53.5 Å². The molecule has 0 atom stereocenters. The summed E-state index contributed by atoms with van der Waals surface area (Å²) >= 11 is 0. The van der Waals surface area contributed by atoms with Crippen molar-refractivity contribution >= 4 is 28.1 Å². The van der Waals surface area contributed by atoms with Gasteiger partial charge in [0, 0.05) is 61.3 Å². The number of benzene rings is 1. The van der Waals surface area contributed by atoms with Crippen LogP contribution in [0.3, 0.4) is 0 Å². The largest absolute Gasteiger partial charge is 0.396 e. The summed E-state index contributed by atoms with van der Waals surface area (Å²) < 4.78 is 1.76. The highest BCUT2D eigenvalue weighted by Crippen LogP contribution is 2.27. The van der Waals surface area contributed by atoms with Crippen LogP contribution in [-0.2, 0) is 6.54 Å². The zero-order valence-electron chi connectivity index (χ0n) is 17.6. The lowest BCUT2D eigenvalue weighted by Gasteiger charge is -2.33. The molecule has 3 aromatic rings. The smallest absolute Gasteiger partial charge is 0.251 e. The number of fused-ring (bicyclic) bond motifs is 1. The number of pyridine rings is 2. The molecule has 0 saturated carbocycles. The van der Waals surface area contributed by atoms with Gasteiger partial charge in [-0.2, -0.15) is 0 Å². The Morgan fingerprint density at radius 2 is 1.90 bits per heavy atom. The molecule has 2 aromatic heterocycles. The van der Waals surface area contributed by atoms with Crippen molar-refractivity contribution in [1.29, 1.82) is 0 Å². The van der Waals surface area contributed by atoms with Gasteiger partial charge in [-0.05, 0) is 68.9 Å². The number of aliphatic hydroxyl groups is 1. The molecule has 158 valence electrons. The van der Waals surface area contributed by atoms with Crippen LogP contribution in [0.25, 0.3) is 10.9 Å². The monoisotopic (exact) mass is 406 g/mol. The Morgan fingerprint density at radius 3 is 2.60 bits per heavy atom. The number of aromatic nitrogens is 2. The SMILES string of the molecule is CCn1c(=O)ccc2cnc(Nc3ccc(N4CCC(CCCO)CC4)cc3)cc21. The third-order valence-electron chi connectivity index (χ3n) is 6.08. The van der Waals surface area contributed by atoms with Crippen molar-refractivity contribution in [3.05, 3.63) is 59.0 Å². The van der Waals surface area contributed by atoms with Crippen molar-refractivity contribution < 1.29 is 5.11 Å². The fraction of sp³-hybridized carbons (Fsp3) is 0.417. The molecule has 1 aliphatic heterocycles. The Bertz CT molecular complexity index is 1040. The van der Waals surface area contributed by atoms with E-state index in [1.165, 1.54) is 18.5 Å². The highest BCUT2D eigenvalue weighted by atomic mass is 16.2. The fourth-order valence-electron chi connectivity index (χ4n) is 4.35. The summed E-state index contributed by atoms with van der Waals surface area (Å²) in [6, 6.07) is 13.8. The number of aryl methyl sites for hydroxylation is 1. The zero-order valence-corrected chi connectivity index (χ0v) is 17.6. The molecule has 30 heavy (non-hydrogen) atoms. The molecule has 4 rings (SSSR count). The van der Waals surface area contributed by atoms with Gasteiger partial charge in [0.15, 0.2) is 0 Å². The van der Waals surface area contributed by atoms with Crippen LogP contribution in [0.4, 0.5) is 17.2 Å². The van der Waals surface area contributed by atoms with Crippen molar-refractivity contribution in [3.8, 4) is 0 Å². The molecule has 0 amide bonds. The van der Waals surface area contributed by atoms with E-state index in [2.05, 4.69) is 39.5 Å². The van der Waals surface area contributed by atoms with Crippen molar-refractivity contribution in [3.63, 3.8) is 0 Å². The minimum atomic E-state index is 0.00614. The summed E-state index contributed by atoms with van der Waals surface area (Å²) in [4.78, 5) is 19.0. The minimum absolute atomic E-state index is 0.00614. The van der Waals surface area contributed by atoms with Crippen LogP contribution < -0.4 is 15.8 Å². The molecule has 0 unspecified atom stereocenters. The summed E-state index contributed by atoms with van der Waals surface area (Å²) in [5.74, 6) is 1.47. The number of rotatable bonds is 7. The number of nitrogens with one attached hydrogen (secondary N) is 1. The molecule has 6 heteroatoms. The zero-order chi connectivity index (χ0) is 20.9. The molecule has 0 aliphatic carbocycles. The van der Waals surface area contributed by atoms with Crippen LogP contribution >= 0.6 is 0 Å². The summed E-state index contributed by atoms with van der Waals surface area (Å²) in [5, 5.41) is 13.3. The fourth-order valence-corrected chi connectivity index (χ4v) is 4.35. The van der Waals surface area contributed by atoms with Crippen molar-refractivity contribution in [2.24, 2.45) is 5.92 Å². The van der Waals surface area contributed by atoms with E-state index < -0.39 is 0 Å². The van der Waals surface area contributed by atoms with Gasteiger partial charge in [-0.3, -0.25) is 4.79 Å². The van der Waals surface area contributed by atoms with E-state index >= 15 is 0 Å². The molecule has 1 aromatic carbocycles. The predicted octanol–water partition coefficient (Wildman–Crippen LogP) is 4.15. The van der Waals surface area contributed by atoms with Gasteiger partial charge in [-0.1, -0.05) is 0 Å². The minimum Gasteiger partial charge on any atom is -0.396 e. The molecule has 6 nitrogen and oxygen atoms in total. The molecule has 2 N–H and O–H groups in total. The second-order valence-corrected chi connectivity index (χ2v) is 8.01. The molecule has 1 aliphatic rings. The summed E-state index contributed by atoms with van der Waals surface area (Å²) in [7, 11) is 0. The third kappa shape index (κ3) is 4.49. The van der Waals surface area contributed by atoms with Gasteiger partial charge in [0.2, 0.25) is 0 Å². The topological polar surface area (TPSA) is 70.4 Å². The van der Waals surface area contributed by atoms with Crippen molar-refractivity contribution in [1.82, 2.24) is 9.55 Å². The Labute approximate surface area is 177 Å². The van der Waals surface area contributed by atoms with Crippen LogP contribution in [0.5, 0.6) is 0 Å². The number of nitrogens with zero attached hydrogens (tertiary/aromatic N) is 3. The van der Waals surface area contributed by atoms with Gasteiger partial charge in [0.25, 0.3) is 5.56 Å². The first kappa shape index (κ1) is 20.4. The maximum absolute atomic E-state index is 12.1. The first-order valence-corrected chi connectivity index (χ1v) is 10.9. The van der Waals surface area contributed by atoms with E-state index in [9.17, 15) is 4.79 Å². The Kier molecular flexibility index (Phi) is 6.33. The number of piperidine rings is 1. The summed E-state index contributed by atoms with van der Waals surface area (Å²) in [5.41, 5.74) is 3.12. The number of hydrogen-bond acceptors (Lipinski definition) is 5. The Balaban J connectivity index is 1.43. The second-order valence-electron chi connectivity index (χ2n) is 8.01. The standard InChI is InChI=1S/C24H30N4O2/c1-2-28-22-16-23(25-17-19(22)5-10-24(28)30)26-20-6-8-21(9-7-20)27-13-11-18(12-14-27)4-3-15-29/h5-10,16-18,29H,2-4,11-15H2,1H3,(H,25,26). The van der Waals surface area contributed by atoms with E-state index in [-0.39, 0.29) is 5.56 Å². The number of hydrogen-bond donors (Lipinski definition) is 2. The van der Waals surface area contributed by atoms with E-state index in [0.29, 0.717) is 13.2 Å². The quantitative estimate of drug-likeness (QED) is 0.617. The normalized spacial score (nSPS) is 14.9. The molecule has 1 fully saturated rings. The van der Waals surface area contributed by atoms with E-state index in [4.69, 9.17) is 5.11 Å². The van der Waals surface area contributed by atoms with Gasteiger partial charge in [0.05, 0.1) is 5.52 Å². The summed E-state index contributed by atoms with van der Waals surface area (Å²) in [6.45, 7) is 5.05. The highest BCUT2D eigenvalue weighted by Gasteiger charge is 2.19. The lowest BCUT2D eigenvalue weighted by atomic mass is 9.92. The number of aliphatic hydroxyl groups excluding tert-OH is 1. The molecule has 0 radical (unpaired) electrons. The predicted molar refractivity (Wildman–Crippen MR) is 123 cm³/mol. The Hall–Kier alpha value is -2.86. The number of anilines is 3. The van der Waals surface area contributed by atoms with Crippen LogP contribution in [0.2, 0.25) is 0 Å². The lowest BCUT2D eigenvalue weighted by Crippen LogP contribution is -2.33. The van der Waals surface area contributed by atoms with Crippen LogP contribution in [0.1, 0.15) is 32.6 Å². The van der Waals surface area contributed by atoms with Crippen LogP contribution in [-0.4, -0.2) is 34.4 Å². The molecule has 0 bridgehead atoms. The molecule has 3 heterocycles. The van der Waals surface area contributed by atoms with Crippen LogP contribution in [0, 0.1) is 5.92 Å². The average Bonchev–Trinajstić information content (AvgIpc) is 2.78. The third-order valence-corrected chi connectivity index (χ3v) is 6.08. The lowest BCUT2D eigenvalue weighted by molar-refractivity contribution is 0.261. The molecule has 1 saturated heterocycles. The van der Waals surface area contributed by atoms with Gasteiger partial charge in [-0.25, -0.2) is 4.98 Å². The Morgan fingerprint density at radius 1 is 1.13 bits per heavy atom. The van der Waals surface area contributed by atoms with Gasteiger partial charge in [-0.15, -0.1) is 0 Å². The van der Waals surface area contributed by atoms with E-state index in [0.717, 1.165) is 54.3 Å². The van der Waals surface area contributed by atoms with E-state index in [1.807, 2.05) is 19.1 Å². The van der Waals surface area contributed by atoms with Crippen molar-refractivity contribution in [2.45, 2.75) is 39.2 Å². The first-order chi connectivity index (χ1) is 14.7. The summed E-state index contributed by atoms with van der Waals surface area (Å²) in [6.07, 6.45) is 6.25.